The van der Waals surface area contributed by atoms with E-state index in [0.29, 0.717) is 46.1 Å². The van der Waals surface area contributed by atoms with E-state index in [4.69, 9.17) is 14.6 Å². The molecule has 0 amide bonds. The first-order valence-electron chi connectivity index (χ1n) is 14.7. The van der Waals surface area contributed by atoms with Crippen LogP contribution in [0.1, 0.15) is 23.6 Å². The average molecular weight is 659 g/mol. The summed E-state index contributed by atoms with van der Waals surface area (Å²) in [5.74, 6) is -3.15. The molecule has 0 aromatic heterocycles. The van der Waals surface area contributed by atoms with Crippen molar-refractivity contribution >= 4 is 23.3 Å². The molecule has 0 fully saturated rings. The molecule has 0 radical (unpaired) electrons. The average Bonchev–Trinajstić information content (AvgIpc) is 3.06. The highest BCUT2D eigenvalue weighted by Crippen LogP contribution is 2.35. The number of aliphatic carboxylic acids is 1. The highest BCUT2D eigenvalue weighted by atomic mass is 32.2. The molecule has 47 heavy (non-hydrogen) atoms. The first-order valence-corrected chi connectivity index (χ1v) is 15.7. The lowest BCUT2D eigenvalue weighted by atomic mass is 9.93. The quantitative estimate of drug-likeness (QED) is 0.0822. The smallest absolute Gasteiger partial charge is 0.341 e. The Morgan fingerprint density at radius 1 is 0.681 bits per heavy atom. The number of benzene rings is 5. The van der Waals surface area contributed by atoms with E-state index in [0.717, 1.165) is 51.4 Å². The van der Waals surface area contributed by atoms with Gasteiger partial charge in [-0.25, -0.2) is 22.4 Å². The van der Waals surface area contributed by atoms with E-state index in [2.05, 4.69) is 0 Å². The normalized spacial score (nSPS) is 10.9. The number of ether oxygens (including phenoxy) is 2. The van der Waals surface area contributed by atoms with Crippen LogP contribution in [0.5, 0.6) is 5.75 Å². The van der Waals surface area contributed by atoms with E-state index in [1.54, 1.807) is 6.07 Å². The Labute approximate surface area is 274 Å². The van der Waals surface area contributed by atoms with E-state index in [1.807, 2.05) is 74.5 Å². The summed E-state index contributed by atoms with van der Waals surface area (Å²) >= 11 is 1.53. The molecule has 5 aromatic rings. The lowest BCUT2D eigenvalue weighted by molar-refractivity contribution is -0.139. The van der Waals surface area contributed by atoms with Crippen molar-refractivity contribution in [3.63, 3.8) is 0 Å². The van der Waals surface area contributed by atoms with Crippen LogP contribution < -0.4 is 4.74 Å². The molecule has 5 aromatic carbocycles. The van der Waals surface area contributed by atoms with Gasteiger partial charge in [-0.3, -0.25) is 0 Å². The Morgan fingerprint density at radius 2 is 1.19 bits per heavy atom. The fourth-order valence-corrected chi connectivity index (χ4v) is 5.97. The van der Waals surface area contributed by atoms with Crippen LogP contribution in [-0.4, -0.2) is 30.0 Å². The summed E-state index contributed by atoms with van der Waals surface area (Å²) in [4.78, 5) is 11.8. The SMILES string of the molecule is CCOC(CSc1ccc(OCC(=O)O)c(C)c1)=C(c1ccc(-c2ccc(F)c(F)c2)cc1)c1ccc(-c2ccc(F)c(F)c2)cc1. The first kappa shape index (κ1) is 33.3. The van der Waals surface area contributed by atoms with Gasteiger partial charge < -0.3 is 14.6 Å². The molecule has 0 saturated carbocycles. The van der Waals surface area contributed by atoms with Crippen LogP contribution in [0.15, 0.2) is 114 Å². The standard InChI is InChI=1S/C38H30F4O4S/c1-3-45-36(22-47-30-14-17-35(23(2)18-30)46-21-37(43)44)38(26-8-4-24(5-9-26)28-12-15-31(39)33(41)19-28)27-10-6-25(7-11-27)29-13-16-32(40)34(42)20-29/h4-20H,3,21-22H2,1-2H3,(H,43,44). The van der Waals surface area contributed by atoms with Crippen molar-refractivity contribution in [2.45, 2.75) is 18.7 Å². The number of carbonyl (C=O) groups is 1. The Hall–Kier alpha value is -5.02. The Morgan fingerprint density at radius 3 is 1.64 bits per heavy atom. The van der Waals surface area contributed by atoms with E-state index in [9.17, 15) is 22.4 Å². The number of hydrogen-bond donors (Lipinski definition) is 1. The summed E-state index contributed by atoms with van der Waals surface area (Å²) in [7, 11) is 0. The second-order valence-corrected chi connectivity index (χ2v) is 11.6. The van der Waals surface area contributed by atoms with Gasteiger partial charge in [0.25, 0.3) is 0 Å². The molecule has 1 N–H and O–H groups in total. The molecular formula is C38H30F4O4S. The number of carboxylic acid groups (broad SMARTS) is 1. The number of hydrogen-bond acceptors (Lipinski definition) is 4. The molecule has 0 saturated heterocycles. The minimum absolute atomic E-state index is 0.389. The van der Waals surface area contributed by atoms with Gasteiger partial charge in [0, 0.05) is 10.5 Å². The van der Waals surface area contributed by atoms with Crippen LogP contribution in [0.3, 0.4) is 0 Å². The van der Waals surface area contributed by atoms with Crippen LogP contribution in [0.4, 0.5) is 17.6 Å². The zero-order chi connectivity index (χ0) is 33.5. The lowest BCUT2D eigenvalue weighted by Gasteiger charge is -2.18. The summed E-state index contributed by atoms with van der Waals surface area (Å²) in [6.45, 7) is 3.69. The number of aryl methyl sites for hydroxylation is 1. The minimum Gasteiger partial charge on any atom is -0.497 e. The Kier molecular flexibility index (Phi) is 10.7. The molecule has 9 heteroatoms. The van der Waals surface area contributed by atoms with Crippen LogP contribution in [0, 0.1) is 30.2 Å². The molecule has 0 aliphatic carbocycles. The zero-order valence-corrected chi connectivity index (χ0v) is 26.3. The largest absolute Gasteiger partial charge is 0.497 e. The van der Waals surface area contributed by atoms with Gasteiger partial charge in [-0.1, -0.05) is 60.7 Å². The monoisotopic (exact) mass is 658 g/mol. The van der Waals surface area contributed by atoms with E-state index in [-0.39, 0.29) is 0 Å². The van der Waals surface area contributed by atoms with Gasteiger partial charge in [-0.05, 0) is 95.3 Å². The highest BCUT2D eigenvalue weighted by molar-refractivity contribution is 7.99. The molecule has 0 aliphatic heterocycles. The summed E-state index contributed by atoms with van der Waals surface area (Å²) in [5.41, 5.74) is 5.68. The first-order chi connectivity index (χ1) is 22.6. The van der Waals surface area contributed by atoms with Gasteiger partial charge >= 0.3 is 5.97 Å². The molecule has 0 aliphatic rings. The second kappa shape index (κ2) is 15.0. The fourth-order valence-electron chi connectivity index (χ4n) is 5.02. The molecule has 0 unspecified atom stereocenters. The van der Waals surface area contributed by atoms with Crippen molar-refractivity contribution < 1.29 is 36.9 Å². The second-order valence-electron chi connectivity index (χ2n) is 10.5. The highest BCUT2D eigenvalue weighted by Gasteiger charge is 2.17. The molecule has 0 spiro atoms. The van der Waals surface area contributed by atoms with Crippen LogP contribution in [0.2, 0.25) is 0 Å². The van der Waals surface area contributed by atoms with E-state index >= 15 is 0 Å². The van der Waals surface area contributed by atoms with Crippen molar-refractivity contribution in [2.75, 3.05) is 19.0 Å². The predicted octanol–water partition coefficient (Wildman–Crippen LogP) is 9.94. The van der Waals surface area contributed by atoms with Gasteiger partial charge in [-0.15, -0.1) is 11.8 Å². The Bertz CT molecular complexity index is 1830. The van der Waals surface area contributed by atoms with Crippen LogP contribution in [0.25, 0.3) is 27.8 Å². The molecule has 0 atom stereocenters. The third kappa shape index (κ3) is 8.23. The summed E-state index contributed by atoms with van der Waals surface area (Å²) < 4.78 is 66.6. The van der Waals surface area contributed by atoms with E-state index < -0.39 is 35.8 Å². The molecule has 0 heterocycles. The predicted molar refractivity (Wildman–Crippen MR) is 176 cm³/mol. The molecule has 5 rings (SSSR count). The van der Waals surface area contributed by atoms with Crippen molar-refractivity contribution in [2.24, 2.45) is 0 Å². The molecule has 0 bridgehead atoms. The van der Waals surface area contributed by atoms with Gasteiger partial charge in [0.15, 0.2) is 29.9 Å². The van der Waals surface area contributed by atoms with Gasteiger partial charge in [0.2, 0.25) is 0 Å². The topological polar surface area (TPSA) is 55.8 Å². The number of carboxylic acids is 1. The van der Waals surface area contributed by atoms with Gasteiger partial charge in [0.05, 0.1) is 12.4 Å². The molecule has 4 nitrogen and oxygen atoms in total. The maximum atomic E-state index is 14.0. The maximum Gasteiger partial charge on any atom is 0.341 e. The fraction of sp³-hybridized carbons (Fsp3) is 0.132. The third-order valence-electron chi connectivity index (χ3n) is 7.32. The van der Waals surface area contributed by atoms with Crippen molar-refractivity contribution in [3.05, 3.63) is 149 Å². The summed E-state index contributed by atoms with van der Waals surface area (Å²) in [6, 6.07) is 27.9. The minimum atomic E-state index is -1.06. The third-order valence-corrected chi connectivity index (χ3v) is 8.31. The number of thioether (sulfide) groups is 1. The number of rotatable bonds is 12. The Balaban J connectivity index is 1.52. The number of halogens is 4. The van der Waals surface area contributed by atoms with Gasteiger partial charge in [-0.2, -0.15) is 0 Å². The van der Waals surface area contributed by atoms with Crippen molar-refractivity contribution in [1.82, 2.24) is 0 Å². The molecular weight excluding hydrogens is 628 g/mol. The van der Waals surface area contributed by atoms with Gasteiger partial charge in [0.1, 0.15) is 11.5 Å². The van der Waals surface area contributed by atoms with Crippen LogP contribution >= 0.6 is 11.8 Å². The maximum absolute atomic E-state index is 14.0. The van der Waals surface area contributed by atoms with E-state index in [1.165, 1.54) is 23.9 Å². The van der Waals surface area contributed by atoms with Crippen molar-refractivity contribution in [3.8, 4) is 28.0 Å². The van der Waals surface area contributed by atoms with Crippen molar-refractivity contribution in [1.29, 1.82) is 0 Å². The summed E-state index contributed by atoms with van der Waals surface area (Å²) in [5, 5.41) is 8.94. The summed E-state index contributed by atoms with van der Waals surface area (Å²) in [6.07, 6.45) is 0. The van der Waals surface area contributed by atoms with Crippen LogP contribution in [-0.2, 0) is 9.53 Å². The zero-order valence-electron chi connectivity index (χ0n) is 25.5. The lowest BCUT2D eigenvalue weighted by Crippen LogP contribution is -2.10. The molecule has 240 valence electrons.